The van der Waals surface area contributed by atoms with Crippen molar-refractivity contribution in [1.29, 1.82) is 0 Å². The summed E-state index contributed by atoms with van der Waals surface area (Å²) in [5.41, 5.74) is 0.0295. The lowest BCUT2D eigenvalue weighted by Crippen LogP contribution is -2.39. The largest absolute Gasteiger partial charge is 0.481 e. The molecule has 0 aliphatic carbocycles. The molecule has 0 spiro atoms. The summed E-state index contributed by atoms with van der Waals surface area (Å²) in [7, 11) is -0.193. The zero-order chi connectivity index (χ0) is 22.7. The molecule has 2 amide bonds. The molecule has 0 bridgehead atoms. The van der Waals surface area contributed by atoms with Gasteiger partial charge in [0.2, 0.25) is 0 Å². The standard InChI is InChI=1S/C19H27N3O7S/c1-19(2,10-16(23)24)11-22-17(25)14-6-5-13(9-15(14)18(22)26)20-12-29-30(27,28)8-7-21(3)4/h5-6,9,20H,7-8,10-12H2,1-4H3,(H,23,24). The van der Waals surface area contributed by atoms with Crippen molar-refractivity contribution in [3.05, 3.63) is 29.3 Å². The monoisotopic (exact) mass is 441 g/mol. The number of benzene rings is 1. The van der Waals surface area contributed by atoms with E-state index in [2.05, 4.69) is 5.32 Å². The lowest BCUT2D eigenvalue weighted by atomic mass is 9.89. The smallest absolute Gasteiger partial charge is 0.303 e. The average molecular weight is 442 g/mol. The topological polar surface area (TPSA) is 133 Å². The SMILES string of the molecule is CN(C)CCS(=O)(=O)OCNc1ccc2c(c1)C(=O)N(CC(C)(C)CC(=O)O)C2=O. The molecule has 0 fully saturated rings. The van der Waals surface area contributed by atoms with Crippen molar-refractivity contribution in [2.24, 2.45) is 5.41 Å². The van der Waals surface area contributed by atoms with Gasteiger partial charge in [0.1, 0.15) is 6.73 Å². The number of hydrogen-bond acceptors (Lipinski definition) is 8. The molecule has 1 heterocycles. The first-order valence-electron chi connectivity index (χ1n) is 9.29. The summed E-state index contributed by atoms with van der Waals surface area (Å²) < 4.78 is 28.5. The quantitative estimate of drug-likeness (QED) is 0.294. The molecular weight excluding hydrogens is 414 g/mol. The first-order valence-corrected chi connectivity index (χ1v) is 10.9. The molecule has 0 atom stereocenters. The molecule has 0 radical (unpaired) electrons. The molecule has 0 unspecified atom stereocenters. The number of carboxylic acids is 1. The van der Waals surface area contributed by atoms with Gasteiger partial charge in [-0.3, -0.25) is 19.3 Å². The van der Waals surface area contributed by atoms with Crippen molar-refractivity contribution in [1.82, 2.24) is 9.80 Å². The van der Waals surface area contributed by atoms with Crippen molar-refractivity contribution in [3.63, 3.8) is 0 Å². The van der Waals surface area contributed by atoms with Crippen LogP contribution in [0.1, 0.15) is 41.0 Å². The van der Waals surface area contributed by atoms with Crippen LogP contribution in [0.15, 0.2) is 18.2 Å². The number of nitrogens with one attached hydrogen (secondary N) is 1. The zero-order valence-corrected chi connectivity index (χ0v) is 18.3. The van der Waals surface area contributed by atoms with Crippen LogP contribution in [0.25, 0.3) is 0 Å². The van der Waals surface area contributed by atoms with Crippen LogP contribution >= 0.6 is 0 Å². The first kappa shape index (κ1) is 23.8. The fourth-order valence-electron chi connectivity index (χ4n) is 2.99. The highest BCUT2D eigenvalue weighted by Gasteiger charge is 2.39. The lowest BCUT2D eigenvalue weighted by molar-refractivity contribution is -0.139. The Hall–Kier alpha value is -2.50. The molecule has 0 saturated heterocycles. The van der Waals surface area contributed by atoms with Gasteiger partial charge in [0, 0.05) is 18.8 Å². The first-order chi connectivity index (χ1) is 13.8. The van der Waals surface area contributed by atoms with Gasteiger partial charge in [-0.2, -0.15) is 8.42 Å². The molecule has 2 N–H and O–H groups in total. The third-order valence-corrected chi connectivity index (χ3v) is 5.65. The highest BCUT2D eigenvalue weighted by molar-refractivity contribution is 7.86. The van der Waals surface area contributed by atoms with Gasteiger partial charge in [-0.1, -0.05) is 13.8 Å². The Labute approximate surface area is 175 Å². The molecule has 0 aromatic heterocycles. The van der Waals surface area contributed by atoms with Crippen molar-refractivity contribution >= 4 is 33.6 Å². The predicted molar refractivity (Wildman–Crippen MR) is 110 cm³/mol. The summed E-state index contributed by atoms with van der Waals surface area (Å²) in [4.78, 5) is 39.1. The molecule has 30 heavy (non-hydrogen) atoms. The van der Waals surface area contributed by atoms with Gasteiger partial charge in [0.25, 0.3) is 21.9 Å². The van der Waals surface area contributed by atoms with E-state index in [0.29, 0.717) is 12.2 Å². The number of carbonyl (C=O) groups is 3. The van der Waals surface area contributed by atoms with Gasteiger partial charge >= 0.3 is 5.97 Å². The molecule has 1 aliphatic heterocycles. The van der Waals surface area contributed by atoms with E-state index in [1.807, 2.05) is 0 Å². The Kier molecular flexibility index (Phi) is 7.22. The summed E-state index contributed by atoms with van der Waals surface area (Å²) in [5, 5.41) is 11.8. The van der Waals surface area contributed by atoms with Crippen molar-refractivity contribution < 1.29 is 32.1 Å². The molecule has 0 saturated carbocycles. The van der Waals surface area contributed by atoms with Gasteiger partial charge < -0.3 is 15.3 Å². The fourth-order valence-corrected chi connectivity index (χ4v) is 3.94. The molecule has 1 aromatic carbocycles. The van der Waals surface area contributed by atoms with E-state index < -0.39 is 33.3 Å². The van der Waals surface area contributed by atoms with Crippen LogP contribution in [0.4, 0.5) is 5.69 Å². The summed E-state index contributed by atoms with van der Waals surface area (Å²) in [6.45, 7) is 3.33. The molecule has 1 aromatic rings. The Morgan fingerprint density at radius 3 is 2.43 bits per heavy atom. The summed E-state index contributed by atoms with van der Waals surface area (Å²) in [6, 6.07) is 4.48. The van der Waals surface area contributed by atoms with Gasteiger partial charge in [-0.15, -0.1) is 0 Å². The molecule has 2 rings (SSSR count). The van der Waals surface area contributed by atoms with Crippen molar-refractivity contribution in [3.8, 4) is 0 Å². The number of hydrogen-bond donors (Lipinski definition) is 2. The normalized spacial score (nSPS) is 14.4. The van der Waals surface area contributed by atoms with Crippen LogP contribution in [-0.4, -0.2) is 80.8 Å². The Morgan fingerprint density at radius 1 is 1.20 bits per heavy atom. The number of fused-ring (bicyclic) bond motifs is 1. The molecular formula is C19H27N3O7S. The van der Waals surface area contributed by atoms with E-state index in [-0.39, 0.29) is 36.6 Å². The number of imide groups is 1. The summed E-state index contributed by atoms with van der Waals surface area (Å²) >= 11 is 0. The third kappa shape index (κ3) is 6.25. The minimum absolute atomic E-state index is 0.0262. The van der Waals surface area contributed by atoms with Crippen molar-refractivity contribution in [2.75, 3.05) is 45.0 Å². The molecule has 11 heteroatoms. The Bertz CT molecular complexity index is 941. The number of rotatable bonds is 11. The third-order valence-electron chi connectivity index (χ3n) is 4.49. The number of anilines is 1. The summed E-state index contributed by atoms with van der Waals surface area (Å²) in [6.07, 6.45) is -0.188. The van der Waals surface area contributed by atoms with Crippen LogP contribution in [0.5, 0.6) is 0 Å². The minimum Gasteiger partial charge on any atom is -0.481 e. The molecule has 166 valence electrons. The van der Waals surface area contributed by atoms with Gasteiger partial charge in [-0.25, -0.2) is 4.18 Å². The Morgan fingerprint density at radius 2 is 1.83 bits per heavy atom. The lowest BCUT2D eigenvalue weighted by Gasteiger charge is -2.27. The zero-order valence-electron chi connectivity index (χ0n) is 17.5. The number of amides is 2. The van der Waals surface area contributed by atoms with E-state index in [4.69, 9.17) is 9.29 Å². The summed E-state index contributed by atoms with van der Waals surface area (Å²) in [5.74, 6) is -2.16. The van der Waals surface area contributed by atoms with Crippen LogP contribution in [0.3, 0.4) is 0 Å². The second-order valence-corrected chi connectivity index (χ2v) is 9.95. The molecule has 10 nitrogen and oxygen atoms in total. The fraction of sp³-hybridized carbons (Fsp3) is 0.526. The van der Waals surface area contributed by atoms with Gasteiger partial charge in [0.15, 0.2) is 0 Å². The van der Waals surface area contributed by atoms with Crippen LogP contribution < -0.4 is 5.32 Å². The van der Waals surface area contributed by atoms with E-state index >= 15 is 0 Å². The highest BCUT2D eigenvalue weighted by atomic mass is 32.2. The van der Waals surface area contributed by atoms with Crippen molar-refractivity contribution in [2.45, 2.75) is 20.3 Å². The van der Waals surface area contributed by atoms with Crippen LogP contribution in [0.2, 0.25) is 0 Å². The second kappa shape index (κ2) is 9.11. The maximum atomic E-state index is 12.7. The Balaban J connectivity index is 2.04. The number of nitrogens with zero attached hydrogens (tertiary/aromatic N) is 2. The van der Waals surface area contributed by atoms with Gasteiger partial charge in [-0.05, 0) is 37.7 Å². The highest BCUT2D eigenvalue weighted by Crippen LogP contribution is 2.30. The number of aliphatic carboxylic acids is 1. The van der Waals surface area contributed by atoms with Crippen LogP contribution in [-0.2, 0) is 19.1 Å². The van der Waals surface area contributed by atoms with E-state index in [1.54, 1.807) is 38.9 Å². The van der Waals surface area contributed by atoms with E-state index in [1.165, 1.54) is 12.1 Å². The molecule has 1 aliphatic rings. The number of carbonyl (C=O) groups excluding carboxylic acids is 2. The van der Waals surface area contributed by atoms with E-state index in [0.717, 1.165) is 4.90 Å². The maximum absolute atomic E-state index is 12.7. The number of carboxylic acid groups (broad SMARTS) is 1. The maximum Gasteiger partial charge on any atom is 0.303 e. The minimum atomic E-state index is -3.70. The van der Waals surface area contributed by atoms with Gasteiger partial charge in [0.05, 0.1) is 23.3 Å². The average Bonchev–Trinajstić information content (AvgIpc) is 2.83. The van der Waals surface area contributed by atoms with E-state index in [9.17, 15) is 22.8 Å². The van der Waals surface area contributed by atoms with Crippen LogP contribution in [0, 0.1) is 5.41 Å². The second-order valence-electron chi connectivity index (χ2n) is 8.20. The predicted octanol–water partition coefficient (Wildman–Crippen LogP) is 1.06.